The number of H-pyrrole nitrogens is 1. The topological polar surface area (TPSA) is 59.4 Å². The summed E-state index contributed by atoms with van der Waals surface area (Å²) >= 11 is 0. The van der Waals surface area contributed by atoms with Crippen LogP contribution in [0.4, 0.5) is 4.39 Å². The van der Waals surface area contributed by atoms with Gasteiger partial charge in [0.25, 0.3) is 0 Å². The predicted molar refractivity (Wildman–Crippen MR) is 81.5 cm³/mol. The number of rotatable bonds is 2. The first-order valence-corrected chi connectivity index (χ1v) is 6.81. The predicted octanol–water partition coefficient (Wildman–Crippen LogP) is 3.16. The Morgan fingerprint density at radius 3 is 2.55 bits per heavy atom. The molecule has 0 saturated carbocycles. The van der Waals surface area contributed by atoms with Crippen LogP contribution in [0.5, 0.6) is 0 Å². The average Bonchev–Trinajstić information content (AvgIpc) is 3.14. The lowest BCUT2D eigenvalue weighted by molar-refractivity contribution is 0.628. The normalized spacial score (nSPS) is 11.2. The van der Waals surface area contributed by atoms with Crippen LogP contribution in [-0.2, 0) is 7.05 Å². The largest absolute Gasteiger partial charge is 0.277 e. The van der Waals surface area contributed by atoms with Gasteiger partial charge in [-0.15, -0.1) is 0 Å². The highest BCUT2D eigenvalue weighted by atomic mass is 19.1. The van der Waals surface area contributed by atoms with Gasteiger partial charge in [0.2, 0.25) is 0 Å². The minimum Gasteiger partial charge on any atom is -0.277 e. The minimum absolute atomic E-state index is 0.262. The molecular formula is C16H12FN5. The zero-order chi connectivity index (χ0) is 15.1. The molecule has 6 heteroatoms. The Labute approximate surface area is 125 Å². The number of hydrogen-bond acceptors (Lipinski definition) is 3. The molecule has 0 atom stereocenters. The van der Waals surface area contributed by atoms with Gasteiger partial charge >= 0.3 is 0 Å². The van der Waals surface area contributed by atoms with Crippen molar-refractivity contribution in [2.45, 2.75) is 0 Å². The van der Waals surface area contributed by atoms with E-state index in [1.54, 1.807) is 23.1 Å². The van der Waals surface area contributed by atoms with E-state index in [1.165, 1.54) is 12.1 Å². The highest BCUT2D eigenvalue weighted by Crippen LogP contribution is 2.29. The van der Waals surface area contributed by atoms with Crippen molar-refractivity contribution in [1.29, 1.82) is 0 Å². The molecule has 0 saturated heterocycles. The molecule has 0 aliphatic carbocycles. The Bertz CT molecular complexity index is 952. The minimum atomic E-state index is -0.262. The molecule has 2 aromatic carbocycles. The van der Waals surface area contributed by atoms with Crippen molar-refractivity contribution in [2.24, 2.45) is 7.05 Å². The summed E-state index contributed by atoms with van der Waals surface area (Å²) in [4.78, 5) is 4.26. The van der Waals surface area contributed by atoms with Gasteiger partial charge in [0.05, 0.1) is 11.2 Å². The molecule has 4 rings (SSSR count). The van der Waals surface area contributed by atoms with Gasteiger partial charge in [0.1, 0.15) is 12.1 Å². The van der Waals surface area contributed by atoms with Crippen LogP contribution in [0.2, 0.25) is 0 Å². The molecule has 0 unspecified atom stereocenters. The summed E-state index contributed by atoms with van der Waals surface area (Å²) in [6.45, 7) is 0. The van der Waals surface area contributed by atoms with E-state index in [0.717, 1.165) is 27.7 Å². The molecule has 0 fully saturated rings. The van der Waals surface area contributed by atoms with Gasteiger partial charge in [-0.3, -0.25) is 9.78 Å². The van der Waals surface area contributed by atoms with E-state index in [-0.39, 0.29) is 5.82 Å². The molecule has 1 N–H and O–H groups in total. The third-order valence-electron chi connectivity index (χ3n) is 3.54. The summed E-state index contributed by atoms with van der Waals surface area (Å²) in [5.74, 6) is 0.401. The third-order valence-corrected chi connectivity index (χ3v) is 3.54. The molecule has 5 nitrogen and oxygen atoms in total. The second-order valence-electron chi connectivity index (χ2n) is 5.08. The number of hydrogen-bond donors (Lipinski definition) is 1. The monoisotopic (exact) mass is 293 g/mol. The van der Waals surface area contributed by atoms with Gasteiger partial charge in [-0.1, -0.05) is 0 Å². The van der Waals surface area contributed by atoms with Crippen molar-refractivity contribution in [2.75, 3.05) is 0 Å². The van der Waals surface area contributed by atoms with Gasteiger partial charge in [0.15, 0.2) is 5.82 Å². The second-order valence-corrected chi connectivity index (χ2v) is 5.08. The number of halogens is 1. The second kappa shape index (κ2) is 4.77. The van der Waals surface area contributed by atoms with Gasteiger partial charge in [-0.25, -0.2) is 9.37 Å². The van der Waals surface area contributed by atoms with Crippen molar-refractivity contribution >= 4 is 10.9 Å². The van der Waals surface area contributed by atoms with Gasteiger partial charge in [-0.05, 0) is 42.5 Å². The highest BCUT2D eigenvalue weighted by molar-refractivity contribution is 5.95. The van der Waals surface area contributed by atoms with Gasteiger partial charge in [-0.2, -0.15) is 10.2 Å². The van der Waals surface area contributed by atoms with Crippen molar-refractivity contribution < 1.29 is 4.39 Å². The maximum atomic E-state index is 13.1. The molecular weight excluding hydrogens is 281 g/mol. The third kappa shape index (κ3) is 2.05. The van der Waals surface area contributed by atoms with Gasteiger partial charge in [0, 0.05) is 23.6 Å². The molecule has 0 spiro atoms. The Morgan fingerprint density at radius 1 is 1.05 bits per heavy atom. The van der Waals surface area contributed by atoms with Gasteiger partial charge < -0.3 is 0 Å². The van der Waals surface area contributed by atoms with Crippen LogP contribution >= 0.6 is 0 Å². The van der Waals surface area contributed by atoms with E-state index >= 15 is 0 Å². The molecule has 0 amide bonds. The highest BCUT2D eigenvalue weighted by Gasteiger charge is 2.11. The number of aromatic nitrogens is 5. The SMILES string of the molecule is Cn1cnc(-c2ccc3[nH]nc(-c4ccc(F)cc4)c3c2)n1. The Balaban J connectivity index is 1.88. The lowest BCUT2D eigenvalue weighted by Gasteiger charge is -2.00. The lowest BCUT2D eigenvalue weighted by Crippen LogP contribution is -1.88. The number of nitrogens with one attached hydrogen (secondary N) is 1. The molecule has 0 radical (unpaired) electrons. The van der Waals surface area contributed by atoms with Crippen LogP contribution in [0.3, 0.4) is 0 Å². The molecule has 0 aliphatic heterocycles. The quantitative estimate of drug-likeness (QED) is 0.617. The standard InChI is InChI=1S/C16H12FN5/c1-22-9-18-16(21-22)11-4-7-14-13(8-11)15(20-19-14)10-2-5-12(17)6-3-10/h2-9H,1H3,(H,19,20). The fourth-order valence-electron chi connectivity index (χ4n) is 2.45. The van der Waals surface area contributed by atoms with E-state index in [1.807, 2.05) is 25.2 Å². The van der Waals surface area contributed by atoms with Crippen molar-refractivity contribution in [3.05, 3.63) is 54.6 Å². The molecule has 22 heavy (non-hydrogen) atoms. The van der Waals surface area contributed by atoms with Crippen LogP contribution in [0.15, 0.2) is 48.8 Å². The van der Waals surface area contributed by atoms with E-state index in [9.17, 15) is 4.39 Å². The average molecular weight is 293 g/mol. The van der Waals surface area contributed by atoms with E-state index in [0.29, 0.717) is 5.82 Å². The smallest absolute Gasteiger partial charge is 0.181 e. The fourth-order valence-corrected chi connectivity index (χ4v) is 2.45. The molecule has 108 valence electrons. The molecule has 2 heterocycles. The van der Waals surface area contributed by atoms with Crippen LogP contribution in [0.1, 0.15) is 0 Å². The van der Waals surface area contributed by atoms with Crippen LogP contribution in [-0.4, -0.2) is 25.0 Å². The van der Waals surface area contributed by atoms with Crippen molar-refractivity contribution in [3.8, 4) is 22.6 Å². The maximum absolute atomic E-state index is 13.1. The summed E-state index contributed by atoms with van der Waals surface area (Å²) in [7, 11) is 1.83. The summed E-state index contributed by atoms with van der Waals surface area (Å²) in [5, 5.41) is 12.6. The van der Waals surface area contributed by atoms with E-state index < -0.39 is 0 Å². The summed E-state index contributed by atoms with van der Waals surface area (Å²) in [6.07, 6.45) is 1.66. The fraction of sp³-hybridized carbons (Fsp3) is 0.0625. The Kier molecular flexibility index (Phi) is 2.75. The number of nitrogens with zero attached hydrogens (tertiary/aromatic N) is 4. The first-order valence-electron chi connectivity index (χ1n) is 6.81. The zero-order valence-corrected chi connectivity index (χ0v) is 11.8. The van der Waals surface area contributed by atoms with E-state index in [2.05, 4.69) is 20.3 Å². The summed E-state index contributed by atoms with van der Waals surface area (Å²) < 4.78 is 14.7. The number of aromatic amines is 1. The number of benzene rings is 2. The first-order chi connectivity index (χ1) is 10.7. The van der Waals surface area contributed by atoms with E-state index in [4.69, 9.17) is 0 Å². The van der Waals surface area contributed by atoms with Crippen molar-refractivity contribution in [3.63, 3.8) is 0 Å². The van der Waals surface area contributed by atoms with Crippen LogP contribution in [0.25, 0.3) is 33.5 Å². The first kappa shape index (κ1) is 12.7. The molecule has 4 aromatic rings. The lowest BCUT2D eigenvalue weighted by atomic mass is 10.1. The molecule has 0 bridgehead atoms. The van der Waals surface area contributed by atoms with Crippen molar-refractivity contribution in [1.82, 2.24) is 25.0 Å². The zero-order valence-electron chi connectivity index (χ0n) is 11.8. The van der Waals surface area contributed by atoms with Crippen LogP contribution in [0, 0.1) is 5.82 Å². The maximum Gasteiger partial charge on any atom is 0.181 e. The summed E-state index contributed by atoms with van der Waals surface area (Å²) in [6, 6.07) is 12.2. The summed E-state index contributed by atoms with van der Waals surface area (Å²) in [5.41, 5.74) is 3.48. The Morgan fingerprint density at radius 2 is 1.82 bits per heavy atom. The number of fused-ring (bicyclic) bond motifs is 1. The number of aryl methyl sites for hydroxylation is 1. The molecule has 2 aromatic heterocycles. The molecule has 0 aliphatic rings. The Hall–Kier alpha value is -3.02. The van der Waals surface area contributed by atoms with Crippen LogP contribution < -0.4 is 0 Å².